The van der Waals surface area contributed by atoms with Crippen molar-refractivity contribution in [1.82, 2.24) is 14.1 Å². The molecule has 5 rings (SSSR count). The molecule has 0 bridgehead atoms. The highest BCUT2D eigenvalue weighted by molar-refractivity contribution is 5.93. The van der Waals surface area contributed by atoms with Gasteiger partial charge >= 0.3 is 5.69 Å². The Balaban J connectivity index is 0.00000172. The second-order valence-corrected chi connectivity index (χ2v) is 9.22. The number of halogens is 1. The molecule has 39 heavy (non-hydrogen) atoms. The lowest BCUT2D eigenvalue weighted by Gasteiger charge is -2.20. The standard InChI is InChI=1S/C26H25FN6O4.C2H6/c1-13-4-7-18(17(27)10-13)29-23-21-22(14(2)25(36)31(23)3)33(26(37)30-24(21)35)16-6-5-15-8-9-32(12-20(28)34)19(15)11-16;1-2/h4-7,10-11,29H,8-9,12H2,1-3H3,(H2,28,34)(H,30,35,37);1-2H3. The van der Waals surface area contributed by atoms with Crippen molar-refractivity contribution in [3.05, 3.63) is 90.1 Å². The number of rotatable bonds is 5. The number of benzene rings is 2. The smallest absolute Gasteiger partial charge is 0.333 e. The largest absolute Gasteiger partial charge is 0.368 e. The van der Waals surface area contributed by atoms with Crippen LogP contribution in [0.1, 0.15) is 30.5 Å². The van der Waals surface area contributed by atoms with E-state index in [4.69, 9.17) is 5.73 Å². The van der Waals surface area contributed by atoms with Crippen LogP contribution in [0, 0.1) is 19.7 Å². The summed E-state index contributed by atoms with van der Waals surface area (Å²) in [6.07, 6.45) is 0.708. The number of aryl methyl sites for hydroxylation is 2. The van der Waals surface area contributed by atoms with Gasteiger partial charge in [-0.25, -0.2) is 9.18 Å². The maximum Gasteiger partial charge on any atom is 0.333 e. The van der Waals surface area contributed by atoms with Gasteiger partial charge in [0.15, 0.2) is 0 Å². The SMILES string of the molecule is CC.Cc1ccc(Nc2c3c(=O)[nH]c(=O)n(-c4ccc5c(c4)N(CC(N)=O)CC5)c3c(C)c(=O)n2C)c(F)c1. The first-order chi connectivity index (χ1) is 18.6. The maximum atomic E-state index is 14.7. The summed E-state index contributed by atoms with van der Waals surface area (Å²) >= 11 is 0. The summed E-state index contributed by atoms with van der Waals surface area (Å²) in [7, 11) is 1.47. The fraction of sp³-hybridized carbons (Fsp3) is 0.286. The van der Waals surface area contributed by atoms with Crippen LogP contribution in [0.4, 0.5) is 21.6 Å². The number of hydrogen-bond acceptors (Lipinski definition) is 6. The van der Waals surface area contributed by atoms with Gasteiger partial charge in [-0.3, -0.25) is 28.5 Å². The minimum Gasteiger partial charge on any atom is -0.368 e. The van der Waals surface area contributed by atoms with Crippen LogP contribution in [0.5, 0.6) is 0 Å². The first-order valence-corrected chi connectivity index (χ1v) is 12.6. The zero-order chi connectivity index (χ0) is 28.6. The lowest BCUT2D eigenvalue weighted by atomic mass is 10.1. The number of nitrogens with one attached hydrogen (secondary N) is 2. The van der Waals surface area contributed by atoms with E-state index in [9.17, 15) is 23.6 Å². The van der Waals surface area contributed by atoms with Crippen molar-refractivity contribution >= 4 is 34.0 Å². The molecule has 204 valence electrons. The first kappa shape index (κ1) is 27.4. The van der Waals surface area contributed by atoms with Crippen molar-refractivity contribution in [2.24, 2.45) is 12.8 Å². The number of hydrogen-bond donors (Lipinski definition) is 3. The molecule has 1 amide bonds. The van der Waals surface area contributed by atoms with Gasteiger partial charge in [-0.15, -0.1) is 0 Å². The highest BCUT2D eigenvalue weighted by atomic mass is 19.1. The number of primary amides is 1. The van der Waals surface area contributed by atoms with Gasteiger partial charge in [0.1, 0.15) is 17.0 Å². The number of nitrogens with two attached hydrogens (primary N) is 1. The summed E-state index contributed by atoms with van der Waals surface area (Å²) in [6, 6.07) is 9.83. The van der Waals surface area contributed by atoms with Crippen LogP contribution < -0.4 is 32.8 Å². The number of fused-ring (bicyclic) bond motifs is 2. The van der Waals surface area contributed by atoms with E-state index in [1.54, 1.807) is 25.1 Å². The summed E-state index contributed by atoms with van der Waals surface area (Å²) < 4.78 is 17.2. The molecule has 1 aliphatic rings. The van der Waals surface area contributed by atoms with Crippen LogP contribution in [0.25, 0.3) is 16.6 Å². The Labute approximate surface area is 223 Å². The molecular formula is C28H31FN6O4. The van der Waals surface area contributed by atoms with Gasteiger partial charge in [-0.05, 0) is 55.7 Å². The molecule has 0 unspecified atom stereocenters. The van der Waals surface area contributed by atoms with Crippen molar-refractivity contribution in [2.75, 3.05) is 23.3 Å². The van der Waals surface area contributed by atoms with Gasteiger partial charge in [0.05, 0.1) is 23.4 Å². The molecule has 2 aromatic carbocycles. The van der Waals surface area contributed by atoms with Gasteiger partial charge in [0.25, 0.3) is 11.1 Å². The number of anilines is 3. The fourth-order valence-electron chi connectivity index (χ4n) is 4.90. The summed E-state index contributed by atoms with van der Waals surface area (Å²) in [6.45, 7) is 7.89. The van der Waals surface area contributed by atoms with Crippen LogP contribution in [-0.2, 0) is 18.3 Å². The molecule has 10 nitrogen and oxygen atoms in total. The zero-order valence-electron chi connectivity index (χ0n) is 22.5. The Morgan fingerprint density at radius 1 is 1.10 bits per heavy atom. The van der Waals surface area contributed by atoms with E-state index >= 15 is 0 Å². The van der Waals surface area contributed by atoms with Crippen molar-refractivity contribution in [1.29, 1.82) is 0 Å². The number of pyridine rings is 1. The summed E-state index contributed by atoms with van der Waals surface area (Å²) in [5, 5.41) is 2.90. The third kappa shape index (κ3) is 4.83. The van der Waals surface area contributed by atoms with E-state index < -0.39 is 28.5 Å². The molecular weight excluding hydrogens is 503 g/mol. The minimum atomic E-state index is -0.735. The Hall–Kier alpha value is -4.67. The van der Waals surface area contributed by atoms with Crippen LogP contribution in [0.15, 0.2) is 50.8 Å². The van der Waals surface area contributed by atoms with E-state index in [1.165, 1.54) is 35.2 Å². The normalized spacial score (nSPS) is 12.2. The van der Waals surface area contributed by atoms with Gasteiger partial charge in [0, 0.05) is 24.8 Å². The molecule has 4 N–H and O–H groups in total. The Morgan fingerprint density at radius 3 is 2.49 bits per heavy atom. The van der Waals surface area contributed by atoms with Crippen molar-refractivity contribution < 1.29 is 9.18 Å². The third-order valence-electron chi connectivity index (χ3n) is 6.71. The minimum absolute atomic E-state index is 0.0213. The molecule has 3 heterocycles. The highest BCUT2D eigenvalue weighted by Gasteiger charge is 2.24. The molecule has 0 spiro atoms. The van der Waals surface area contributed by atoms with Gasteiger partial charge in [-0.2, -0.15) is 0 Å². The number of nitrogens with zero attached hydrogens (tertiary/aromatic N) is 3. The van der Waals surface area contributed by atoms with Crippen molar-refractivity contribution in [3.8, 4) is 5.69 Å². The molecule has 0 radical (unpaired) electrons. The van der Waals surface area contributed by atoms with E-state index in [1.807, 2.05) is 24.8 Å². The van der Waals surface area contributed by atoms with E-state index in [-0.39, 0.29) is 34.5 Å². The molecule has 4 aromatic rings. The number of H-pyrrole nitrogens is 1. The molecule has 0 fully saturated rings. The summed E-state index contributed by atoms with van der Waals surface area (Å²) in [5.41, 5.74) is 6.65. The molecule has 2 aromatic heterocycles. The Kier molecular flexibility index (Phi) is 7.44. The highest BCUT2D eigenvalue weighted by Crippen LogP contribution is 2.32. The maximum absolute atomic E-state index is 14.7. The molecule has 0 saturated heterocycles. The quantitative estimate of drug-likeness (QED) is 0.360. The average molecular weight is 535 g/mol. The van der Waals surface area contributed by atoms with E-state index in [2.05, 4.69) is 10.3 Å². The second kappa shape index (κ2) is 10.6. The molecule has 11 heteroatoms. The topological polar surface area (TPSA) is 135 Å². The fourth-order valence-corrected chi connectivity index (χ4v) is 4.90. The predicted octanol–water partition coefficient (Wildman–Crippen LogP) is 2.75. The average Bonchev–Trinajstić information content (AvgIpc) is 3.29. The monoisotopic (exact) mass is 534 g/mol. The molecule has 1 aliphatic heterocycles. The van der Waals surface area contributed by atoms with Gasteiger partial charge in [-0.1, -0.05) is 26.0 Å². The Bertz CT molecular complexity index is 1790. The van der Waals surface area contributed by atoms with Crippen LogP contribution in [0.3, 0.4) is 0 Å². The van der Waals surface area contributed by atoms with Crippen molar-refractivity contribution in [2.45, 2.75) is 34.1 Å². The van der Waals surface area contributed by atoms with E-state index in [0.717, 1.165) is 11.3 Å². The van der Waals surface area contributed by atoms with E-state index in [0.29, 0.717) is 24.2 Å². The number of carbonyl (C=O) groups is 1. The lowest BCUT2D eigenvalue weighted by Crippen LogP contribution is -2.34. The first-order valence-electron chi connectivity index (χ1n) is 12.6. The lowest BCUT2D eigenvalue weighted by molar-refractivity contribution is -0.116. The van der Waals surface area contributed by atoms with Crippen LogP contribution >= 0.6 is 0 Å². The van der Waals surface area contributed by atoms with Crippen LogP contribution in [-0.4, -0.2) is 33.1 Å². The second-order valence-electron chi connectivity index (χ2n) is 9.22. The summed E-state index contributed by atoms with van der Waals surface area (Å²) in [4.78, 5) is 55.2. The number of aromatic nitrogens is 3. The molecule has 0 saturated carbocycles. The zero-order valence-corrected chi connectivity index (χ0v) is 22.5. The molecule has 0 aliphatic carbocycles. The predicted molar refractivity (Wildman–Crippen MR) is 151 cm³/mol. The third-order valence-corrected chi connectivity index (χ3v) is 6.71. The number of amides is 1. The van der Waals surface area contributed by atoms with Gasteiger partial charge in [0.2, 0.25) is 5.91 Å². The summed E-state index contributed by atoms with van der Waals surface area (Å²) in [5.74, 6) is -0.998. The van der Waals surface area contributed by atoms with Crippen LogP contribution in [0.2, 0.25) is 0 Å². The number of carbonyl (C=O) groups excluding carboxylic acids is 1. The number of aromatic amines is 1. The molecule has 0 atom stereocenters. The van der Waals surface area contributed by atoms with Gasteiger partial charge < -0.3 is 16.0 Å². The van der Waals surface area contributed by atoms with Crippen molar-refractivity contribution in [3.63, 3.8) is 0 Å². The Morgan fingerprint density at radius 2 is 1.82 bits per heavy atom.